The number of aromatic amines is 1. The number of carbonyl (C=O) groups is 3. The number of nitrogens with two attached hydrogens (primary N) is 1. The van der Waals surface area contributed by atoms with E-state index < -0.39 is 47.8 Å². The molecule has 0 aliphatic rings. The summed E-state index contributed by atoms with van der Waals surface area (Å²) in [5.41, 5.74) is 5.78. The maximum atomic E-state index is 16.2. The third kappa shape index (κ3) is 13.0. The summed E-state index contributed by atoms with van der Waals surface area (Å²) in [7, 11) is 5.19. The molecule has 16 nitrogen and oxygen atoms in total. The van der Waals surface area contributed by atoms with E-state index in [0.717, 1.165) is 4.68 Å². The smallest absolute Gasteiger partial charge is 0.490 e. The predicted molar refractivity (Wildman–Crippen MR) is 183 cm³/mol. The van der Waals surface area contributed by atoms with Crippen LogP contribution in [0.15, 0.2) is 65.5 Å². The molecule has 0 bridgehead atoms. The number of alkyl halides is 6. The highest BCUT2D eigenvalue weighted by molar-refractivity contribution is 5.95. The number of H-pyrrole nitrogens is 1. The van der Waals surface area contributed by atoms with Crippen molar-refractivity contribution in [3.05, 3.63) is 99.5 Å². The van der Waals surface area contributed by atoms with Gasteiger partial charge >= 0.3 is 36.0 Å². The first kappa shape index (κ1) is 45.5. The number of aromatic carboxylic acids is 1. The Kier molecular flexibility index (Phi) is 15.5. The normalized spacial score (nSPS) is 12.2. The Bertz CT molecular complexity index is 2040. The number of nitrogens with zero attached hydrogens (tertiary/aromatic N) is 3. The van der Waals surface area contributed by atoms with Gasteiger partial charge in [0.25, 0.3) is 0 Å². The number of ether oxygens (including phenoxy) is 2. The highest BCUT2D eigenvalue weighted by Gasteiger charge is 2.39. The van der Waals surface area contributed by atoms with E-state index in [-0.39, 0.29) is 40.3 Å². The van der Waals surface area contributed by atoms with Gasteiger partial charge in [-0.15, -0.1) is 5.10 Å². The fraction of sp³-hybridized carbons (Fsp3) is 0.273. The molecule has 0 saturated carbocycles. The van der Waals surface area contributed by atoms with Crippen molar-refractivity contribution in [3.8, 4) is 17.2 Å². The van der Waals surface area contributed by atoms with Crippen LogP contribution in [-0.4, -0.2) is 105 Å². The van der Waals surface area contributed by atoms with Crippen molar-refractivity contribution in [2.24, 2.45) is 5.73 Å². The van der Waals surface area contributed by atoms with Crippen LogP contribution in [0.5, 0.6) is 11.5 Å². The molecule has 0 fully saturated rings. The number of nitrogen functional groups attached to an aromatic ring is 1. The molecular weight excluding hydrogens is 771 g/mol. The van der Waals surface area contributed by atoms with Gasteiger partial charge < -0.3 is 40.7 Å². The van der Waals surface area contributed by atoms with Crippen molar-refractivity contribution in [2.45, 2.75) is 31.4 Å². The van der Waals surface area contributed by atoms with Gasteiger partial charge in [0, 0.05) is 29.4 Å². The first-order valence-corrected chi connectivity index (χ1v) is 15.4. The second-order valence-corrected chi connectivity index (χ2v) is 11.4. The Morgan fingerprint density at radius 1 is 0.982 bits per heavy atom. The molecule has 1 heterocycles. The molecule has 0 radical (unpaired) electrons. The SMILES string of the molecule is COc1cc(OC(C)CN(C)C)c(F)c(C(Nc2ccc(C(=N)N)cc2)c2nn(-c3ccccc3C(=O)O)c(=O)[nH]2)c1.O=C(O)C(F)(F)F.O=C(O)C(F)(F)F. The molecular formula is C33H34F7N7O9. The molecule has 0 aliphatic carbocycles. The largest absolute Gasteiger partial charge is 0.497 e. The number of hydrogen-bond acceptors (Lipinski definition) is 10. The minimum Gasteiger partial charge on any atom is -0.497 e. The van der Waals surface area contributed by atoms with Crippen molar-refractivity contribution in [2.75, 3.05) is 33.1 Å². The summed E-state index contributed by atoms with van der Waals surface area (Å²) < 4.78 is 92.0. The van der Waals surface area contributed by atoms with Crippen LogP contribution in [0.1, 0.15) is 40.3 Å². The molecule has 56 heavy (non-hydrogen) atoms. The van der Waals surface area contributed by atoms with Crippen LogP contribution < -0.4 is 26.2 Å². The Hall–Kier alpha value is -6.65. The summed E-state index contributed by atoms with van der Waals surface area (Å²) >= 11 is 0. The van der Waals surface area contributed by atoms with Gasteiger partial charge in [-0.2, -0.15) is 31.0 Å². The summed E-state index contributed by atoms with van der Waals surface area (Å²) in [6.07, 6.45) is -10.5. The number of carboxylic acids is 3. The van der Waals surface area contributed by atoms with Gasteiger partial charge in [0.15, 0.2) is 17.4 Å². The van der Waals surface area contributed by atoms with Crippen LogP contribution in [0.4, 0.5) is 36.4 Å². The number of hydrogen-bond donors (Lipinski definition) is 7. The molecule has 0 amide bonds. The summed E-state index contributed by atoms with van der Waals surface area (Å²) in [6.45, 7) is 2.33. The van der Waals surface area contributed by atoms with Crippen molar-refractivity contribution in [3.63, 3.8) is 0 Å². The Morgan fingerprint density at radius 2 is 1.52 bits per heavy atom. The second-order valence-electron chi connectivity index (χ2n) is 11.4. The van der Waals surface area contributed by atoms with Crippen LogP contribution in [0, 0.1) is 11.2 Å². The summed E-state index contributed by atoms with van der Waals surface area (Å²) in [4.78, 5) is 47.2. The monoisotopic (exact) mass is 805 g/mol. The number of nitrogens with one attached hydrogen (secondary N) is 3. The number of anilines is 1. The number of para-hydroxylation sites is 1. The average Bonchev–Trinajstić information content (AvgIpc) is 3.48. The summed E-state index contributed by atoms with van der Waals surface area (Å²) in [5.74, 6) is -7.35. The molecule has 0 spiro atoms. The molecule has 2 atom stereocenters. The van der Waals surface area contributed by atoms with E-state index in [1.807, 2.05) is 25.9 Å². The fourth-order valence-corrected chi connectivity index (χ4v) is 4.45. The molecule has 304 valence electrons. The number of benzene rings is 3. The van der Waals surface area contributed by atoms with E-state index in [4.69, 9.17) is 40.4 Å². The number of halogens is 7. The van der Waals surface area contributed by atoms with Crippen molar-refractivity contribution >= 4 is 29.4 Å². The Morgan fingerprint density at radius 3 is 1.98 bits per heavy atom. The van der Waals surface area contributed by atoms with Gasteiger partial charge in [0.1, 0.15) is 23.7 Å². The van der Waals surface area contributed by atoms with Crippen LogP contribution in [0.25, 0.3) is 5.69 Å². The van der Waals surface area contributed by atoms with Gasteiger partial charge in [0.05, 0.1) is 18.4 Å². The van der Waals surface area contributed by atoms with E-state index in [1.54, 1.807) is 30.3 Å². The number of rotatable bonds is 12. The number of amidine groups is 1. The molecule has 3 aromatic carbocycles. The molecule has 8 N–H and O–H groups in total. The van der Waals surface area contributed by atoms with Gasteiger partial charge in [-0.25, -0.2) is 23.6 Å². The molecule has 2 unspecified atom stereocenters. The Balaban J connectivity index is 0.000000657. The molecule has 4 aromatic rings. The van der Waals surface area contributed by atoms with Gasteiger partial charge in [-0.05, 0) is 63.5 Å². The van der Waals surface area contributed by atoms with Gasteiger partial charge in [0.2, 0.25) is 0 Å². The number of aliphatic carboxylic acids is 2. The quantitative estimate of drug-likeness (QED) is 0.0594. The summed E-state index contributed by atoms with van der Waals surface area (Å²) in [6, 6.07) is 14.2. The maximum absolute atomic E-state index is 16.2. The van der Waals surface area contributed by atoms with Crippen LogP contribution in [0.3, 0.4) is 0 Å². The van der Waals surface area contributed by atoms with Crippen LogP contribution in [0.2, 0.25) is 0 Å². The predicted octanol–water partition coefficient (Wildman–Crippen LogP) is 4.49. The highest BCUT2D eigenvalue weighted by atomic mass is 19.4. The minimum absolute atomic E-state index is 0.00437. The lowest BCUT2D eigenvalue weighted by Crippen LogP contribution is -2.28. The van der Waals surface area contributed by atoms with Crippen molar-refractivity contribution in [1.29, 1.82) is 5.41 Å². The lowest BCUT2D eigenvalue weighted by atomic mass is 10.0. The standard InChI is InChI=1S/C29H32FN7O5.2C2HF3O2/c1-16(15-36(2)3)42-23-14-19(41-4)13-21(24(23)30)25(33-18-11-9-17(10-12-18)26(31)32)27-34-29(40)37(35-27)22-8-6-5-7-20(22)28(38)39;2*3-2(4,5)1(6)7/h5-14,16,25,33H,15H2,1-4H3,(H3,31,32)(H,38,39)(H,34,35,40);2*(H,6,7). The zero-order chi connectivity index (χ0) is 42.7. The van der Waals surface area contributed by atoms with Crippen LogP contribution in [-0.2, 0) is 9.59 Å². The highest BCUT2D eigenvalue weighted by Crippen LogP contribution is 2.35. The maximum Gasteiger partial charge on any atom is 0.490 e. The number of methoxy groups -OCH3 is 1. The molecule has 23 heteroatoms. The Labute approximate surface area is 311 Å². The third-order valence-electron chi connectivity index (χ3n) is 6.80. The molecule has 0 aliphatic heterocycles. The topological polar surface area (TPSA) is 246 Å². The number of likely N-dealkylation sites (N-methyl/N-ethyl adjacent to an activating group) is 1. The number of aromatic nitrogens is 3. The number of carboxylic acid groups (broad SMARTS) is 3. The van der Waals surface area contributed by atoms with E-state index in [2.05, 4.69) is 15.4 Å². The van der Waals surface area contributed by atoms with Crippen molar-refractivity contribution in [1.82, 2.24) is 19.7 Å². The molecule has 0 saturated heterocycles. The third-order valence-corrected chi connectivity index (χ3v) is 6.80. The van der Waals surface area contributed by atoms with Crippen molar-refractivity contribution < 1.29 is 69.9 Å². The van der Waals surface area contributed by atoms with Gasteiger partial charge in [-0.1, -0.05) is 12.1 Å². The zero-order valence-corrected chi connectivity index (χ0v) is 29.5. The van der Waals surface area contributed by atoms with E-state index in [9.17, 15) is 41.0 Å². The van der Waals surface area contributed by atoms with Gasteiger partial charge in [-0.3, -0.25) is 10.4 Å². The fourth-order valence-electron chi connectivity index (χ4n) is 4.45. The first-order chi connectivity index (χ1) is 25.9. The summed E-state index contributed by atoms with van der Waals surface area (Å²) in [5, 5.41) is 39.1. The zero-order valence-electron chi connectivity index (χ0n) is 29.5. The molecule has 4 rings (SSSR count). The minimum atomic E-state index is -5.08. The van der Waals surface area contributed by atoms with E-state index in [0.29, 0.717) is 23.5 Å². The van der Waals surface area contributed by atoms with Crippen LogP contribution >= 0.6 is 0 Å². The lowest BCUT2D eigenvalue weighted by molar-refractivity contribution is -0.193. The average molecular weight is 806 g/mol. The van der Waals surface area contributed by atoms with E-state index >= 15 is 4.39 Å². The lowest BCUT2D eigenvalue weighted by Gasteiger charge is -2.23. The first-order valence-electron chi connectivity index (χ1n) is 15.4. The second kappa shape index (κ2) is 19.1. The molecule has 1 aromatic heterocycles. The van der Waals surface area contributed by atoms with E-state index in [1.165, 1.54) is 37.4 Å².